The van der Waals surface area contributed by atoms with Gasteiger partial charge in [0, 0.05) is 18.6 Å². The van der Waals surface area contributed by atoms with Gasteiger partial charge in [0.15, 0.2) is 15.8 Å². The highest BCUT2D eigenvalue weighted by Gasteiger charge is 2.28. The molecular weight excluding hydrogens is 473 g/mol. The second-order valence-corrected chi connectivity index (χ2v) is 11.3. The van der Waals surface area contributed by atoms with Crippen LogP contribution in [-0.4, -0.2) is 44.5 Å². The van der Waals surface area contributed by atoms with Gasteiger partial charge in [0.2, 0.25) is 0 Å². The van der Waals surface area contributed by atoms with Gasteiger partial charge in [0.05, 0.1) is 11.5 Å². The second kappa shape index (κ2) is 10.6. The number of nitrogens with one attached hydrogen (secondary N) is 2. The maximum absolute atomic E-state index is 11.7. The Morgan fingerprint density at radius 2 is 1.56 bits per heavy atom. The third-order valence-corrected chi connectivity index (χ3v) is 8.42. The second-order valence-electron chi connectivity index (χ2n) is 9.08. The Labute approximate surface area is 182 Å². The summed E-state index contributed by atoms with van der Waals surface area (Å²) in [5, 5.41) is 7.31. The third-order valence-electron chi connectivity index (χ3n) is 6.59. The normalized spacial score (nSPS) is 31.7. The lowest BCUT2D eigenvalue weighted by Crippen LogP contribution is -2.48. The lowest BCUT2D eigenvalue weighted by Gasteiger charge is -2.32. The van der Waals surface area contributed by atoms with E-state index < -0.39 is 9.84 Å². The van der Waals surface area contributed by atoms with Crippen LogP contribution < -0.4 is 10.6 Å². The van der Waals surface area contributed by atoms with Gasteiger partial charge in [-0.2, -0.15) is 0 Å². The zero-order chi connectivity index (χ0) is 18.6. The van der Waals surface area contributed by atoms with Crippen molar-refractivity contribution in [1.29, 1.82) is 0 Å². The fraction of sp³-hybridized carbons (Fsp3) is 0.950. The van der Waals surface area contributed by atoms with Crippen molar-refractivity contribution in [3.63, 3.8) is 0 Å². The Morgan fingerprint density at radius 1 is 0.963 bits per heavy atom. The molecular formula is C20H38IN3O2S. The van der Waals surface area contributed by atoms with Gasteiger partial charge in [-0.05, 0) is 62.7 Å². The van der Waals surface area contributed by atoms with Gasteiger partial charge in [0.1, 0.15) is 0 Å². The number of guanidine groups is 1. The molecule has 158 valence electrons. The van der Waals surface area contributed by atoms with E-state index in [4.69, 9.17) is 4.99 Å². The molecule has 0 radical (unpaired) electrons. The van der Waals surface area contributed by atoms with Crippen LogP contribution in [-0.2, 0) is 9.84 Å². The van der Waals surface area contributed by atoms with Gasteiger partial charge >= 0.3 is 0 Å². The molecule has 0 aromatic heterocycles. The molecule has 1 atom stereocenters. The molecule has 5 nitrogen and oxygen atoms in total. The molecule has 1 saturated heterocycles. The first-order chi connectivity index (χ1) is 12.4. The molecule has 3 fully saturated rings. The quantitative estimate of drug-likeness (QED) is 0.335. The number of aliphatic imine (C=N–C) groups is 1. The first kappa shape index (κ1) is 23.2. The van der Waals surface area contributed by atoms with Gasteiger partial charge in [-0.25, -0.2) is 8.42 Å². The van der Waals surface area contributed by atoms with Crippen LogP contribution in [0.3, 0.4) is 0 Å². The highest BCUT2D eigenvalue weighted by atomic mass is 127. The van der Waals surface area contributed by atoms with E-state index in [1.807, 2.05) is 0 Å². The number of halogens is 1. The number of sulfone groups is 1. The molecule has 2 saturated carbocycles. The van der Waals surface area contributed by atoms with E-state index in [-0.39, 0.29) is 29.9 Å². The van der Waals surface area contributed by atoms with Crippen LogP contribution in [0.1, 0.15) is 71.6 Å². The number of nitrogens with zero attached hydrogens (tertiary/aromatic N) is 1. The minimum absolute atomic E-state index is 0. The van der Waals surface area contributed by atoms with Crippen molar-refractivity contribution in [2.75, 3.05) is 18.1 Å². The predicted molar refractivity (Wildman–Crippen MR) is 124 cm³/mol. The van der Waals surface area contributed by atoms with Crippen molar-refractivity contribution in [2.24, 2.45) is 22.7 Å². The standard InChI is InChI=1S/C20H37N3O2S.HI/c1-15(2)17-7-9-19(10-8-17)23-20(22-18-5-3-4-6-18)21-13-16-11-12-26(24,25)14-16;/h15-19H,3-14H2,1-2H3,(H2,21,22,23);1H. The van der Waals surface area contributed by atoms with Crippen molar-refractivity contribution in [3.05, 3.63) is 0 Å². The smallest absolute Gasteiger partial charge is 0.191 e. The van der Waals surface area contributed by atoms with Crippen LogP contribution in [0.15, 0.2) is 4.99 Å². The summed E-state index contributed by atoms with van der Waals surface area (Å²) in [5.74, 6) is 3.41. The number of hydrogen-bond acceptors (Lipinski definition) is 3. The lowest BCUT2D eigenvalue weighted by molar-refractivity contribution is 0.249. The Kier molecular flexibility index (Phi) is 9.16. The molecule has 0 spiro atoms. The van der Waals surface area contributed by atoms with E-state index >= 15 is 0 Å². The third kappa shape index (κ3) is 7.37. The zero-order valence-electron chi connectivity index (χ0n) is 17.0. The molecule has 2 N–H and O–H groups in total. The van der Waals surface area contributed by atoms with Crippen molar-refractivity contribution in [3.8, 4) is 0 Å². The summed E-state index contributed by atoms with van der Waals surface area (Å²) in [6.07, 6.45) is 10.8. The molecule has 0 amide bonds. The molecule has 1 heterocycles. The van der Waals surface area contributed by atoms with Gasteiger partial charge in [-0.1, -0.05) is 26.7 Å². The van der Waals surface area contributed by atoms with E-state index in [1.54, 1.807) is 0 Å². The summed E-state index contributed by atoms with van der Waals surface area (Å²) >= 11 is 0. The van der Waals surface area contributed by atoms with Crippen molar-refractivity contribution >= 4 is 39.8 Å². The maximum Gasteiger partial charge on any atom is 0.191 e. The average Bonchev–Trinajstić information content (AvgIpc) is 3.22. The van der Waals surface area contributed by atoms with Gasteiger partial charge < -0.3 is 10.6 Å². The minimum Gasteiger partial charge on any atom is -0.354 e. The first-order valence-corrected chi connectivity index (χ1v) is 12.5. The summed E-state index contributed by atoms with van der Waals surface area (Å²) in [6.45, 7) is 5.30. The fourth-order valence-corrected chi connectivity index (χ4v) is 6.61. The van der Waals surface area contributed by atoms with Crippen molar-refractivity contribution in [2.45, 2.75) is 83.7 Å². The number of rotatable bonds is 5. The highest BCUT2D eigenvalue weighted by molar-refractivity contribution is 14.0. The average molecular weight is 512 g/mol. The molecule has 0 bridgehead atoms. The van der Waals surface area contributed by atoms with Crippen LogP contribution in [0, 0.1) is 17.8 Å². The first-order valence-electron chi connectivity index (χ1n) is 10.7. The van der Waals surface area contributed by atoms with Crippen LogP contribution in [0.5, 0.6) is 0 Å². The predicted octanol–water partition coefficient (Wildman–Crippen LogP) is 3.73. The molecule has 1 unspecified atom stereocenters. The molecule has 7 heteroatoms. The largest absolute Gasteiger partial charge is 0.354 e. The molecule has 2 aliphatic carbocycles. The highest BCUT2D eigenvalue weighted by Crippen LogP contribution is 2.30. The van der Waals surface area contributed by atoms with Crippen LogP contribution >= 0.6 is 24.0 Å². The summed E-state index contributed by atoms with van der Waals surface area (Å²) in [4.78, 5) is 4.81. The van der Waals surface area contributed by atoms with Gasteiger partial charge in [-0.3, -0.25) is 4.99 Å². The van der Waals surface area contributed by atoms with E-state index in [0.717, 1.165) is 24.2 Å². The Morgan fingerprint density at radius 3 is 2.07 bits per heavy atom. The summed E-state index contributed by atoms with van der Waals surface area (Å²) in [5.41, 5.74) is 0. The van der Waals surface area contributed by atoms with Crippen LogP contribution in [0.2, 0.25) is 0 Å². The van der Waals surface area contributed by atoms with E-state index in [0.29, 0.717) is 30.1 Å². The van der Waals surface area contributed by atoms with E-state index in [1.165, 1.54) is 51.4 Å². The fourth-order valence-electron chi connectivity index (χ4n) is 4.76. The molecule has 0 aromatic carbocycles. The van der Waals surface area contributed by atoms with Crippen molar-refractivity contribution < 1.29 is 8.42 Å². The van der Waals surface area contributed by atoms with Crippen LogP contribution in [0.25, 0.3) is 0 Å². The minimum atomic E-state index is -2.82. The maximum atomic E-state index is 11.7. The Hall–Kier alpha value is -0.0500. The topological polar surface area (TPSA) is 70.6 Å². The lowest BCUT2D eigenvalue weighted by atomic mass is 9.80. The Bertz CT molecular complexity index is 580. The molecule has 0 aromatic rings. The summed E-state index contributed by atoms with van der Waals surface area (Å²) in [7, 11) is -2.82. The molecule has 27 heavy (non-hydrogen) atoms. The molecule has 1 aliphatic heterocycles. The SMILES string of the molecule is CC(C)C1CCC(NC(=NCC2CCS(=O)(=O)C2)NC2CCCC2)CC1.I. The van der Waals surface area contributed by atoms with Crippen molar-refractivity contribution in [1.82, 2.24) is 10.6 Å². The monoisotopic (exact) mass is 511 g/mol. The van der Waals surface area contributed by atoms with Gasteiger partial charge in [0.25, 0.3) is 0 Å². The zero-order valence-corrected chi connectivity index (χ0v) is 20.1. The summed E-state index contributed by atoms with van der Waals surface area (Å²) < 4.78 is 23.4. The summed E-state index contributed by atoms with van der Waals surface area (Å²) in [6, 6.07) is 1.03. The van der Waals surface area contributed by atoms with E-state index in [9.17, 15) is 8.42 Å². The molecule has 3 aliphatic rings. The number of hydrogen-bond donors (Lipinski definition) is 2. The van der Waals surface area contributed by atoms with Crippen LogP contribution in [0.4, 0.5) is 0 Å². The van der Waals surface area contributed by atoms with Gasteiger partial charge in [-0.15, -0.1) is 24.0 Å². The Balaban J connectivity index is 0.00000261. The molecule has 3 rings (SSSR count). The van der Waals surface area contributed by atoms with E-state index in [2.05, 4.69) is 24.5 Å².